The number of nitrogens with zero attached hydrogens (tertiary/aromatic N) is 2. The van der Waals surface area contributed by atoms with Crippen molar-refractivity contribution in [3.05, 3.63) is 70.0 Å². The van der Waals surface area contributed by atoms with Crippen molar-refractivity contribution in [2.45, 2.75) is 6.42 Å². The molecule has 0 bridgehead atoms. The van der Waals surface area contributed by atoms with Crippen molar-refractivity contribution >= 4 is 28.9 Å². The predicted molar refractivity (Wildman–Crippen MR) is 90.4 cm³/mol. The van der Waals surface area contributed by atoms with E-state index in [-0.39, 0.29) is 17.4 Å². The maximum absolute atomic E-state index is 11.9. The first kappa shape index (κ1) is 17.4. The number of amides is 1. The summed E-state index contributed by atoms with van der Waals surface area (Å²) in [5.74, 6) is -0.0410. The van der Waals surface area contributed by atoms with Crippen LogP contribution in [-0.2, 0) is 11.2 Å². The summed E-state index contributed by atoms with van der Waals surface area (Å²) in [6.45, 7) is 3.34. The molecule has 0 fully saturated rings. The summed E-state index contributed by atoms with van der Waals surface area (Å²) >= 11 is 5.86. The monoisotopic (exact) mass is 347 g/mol. The average molecular weight is 348 g/mol. The molecule has 1 aromatic carbocycles. The van der Waals surface area contributed by atoms with Crippen LogP contribution in [0.4, 0.5) is 11.4 Å². The van der Waals surface area contributed by atoms with Gasteiger partial charge < -0.3 is 10.1 Å². The molecule has 2 rings (SSSR count). The number of allylic oxidation sites excluding steroid dienone is 1. The molecule has 2 aromatic rings. The van der Waals surface area contributed by atoms with Crippen LogP contribution in [0, 0.1) is 10.1 Å². The number of hydrogen-bond acceptors (Lipinski definition) is 5. The first-order chi connectivity index (χ1) is 11.5. The standard InChI is InChI=1S/C16H14ClN3O4/c1-2-4-11-9-12(20(22)23)6-7-14(11)24-10-15(21)19-13-5-3-8-18-16(13)17/h2-3,5-9H,1,4,10H2,(H,19,21). The molecular weight excluding hydrogens is 334 g/mol. The third kappa shape index (κ3) is 4.53. The van der Waals surface area contributed by atoms with E-state index in [1.165, 1.54) is 24.4 Å². The van der Waals surface area contributed by atoms with Gasteiger partial charge in [-0.3, -0.25) is 14.9 Å². The fourth-order valence-electron chi connectivity index (χ4n) is 1.94. The Morgan fingerprint density at radius 2 is 2.25 bits per heavy atom. The smallest absolute Gasteiger partial charge is 0.269 e. The first-order valence-corrected chi connectivity index (χ1v) is 7.30. The molecule has 8 heteroatoms. The summed E-state index contributed by atoms with van der Waals surface area (Å²) in [6.07, 6.45) is 3.49. The maximum atomic E-state index is 11.9. The molecule has 7 nitrogen and oxygen atoms in total. The number of aromatic nitrogens is 1. The predicted octanol–water partition coefficient (Wildman–Crippen LogP) is 3.39. The SMILES string of the molecule is C=CCc1cc([N+](=O)[O-])ccc1OCC(=O)Nc1cccnc1Cl. The molecule has 1 N–H and O–H groups in total. The number of hydrogen-bond donors (Lipinski definition) is 1. The number of non-ortho nitro benzene ring substituents is 1. The van der Waals surface area contributed by atoms with Crippen LogP contribution in [0.5, 0.6) is 5.75 Å². The number of nitro groups is 1. The number of carbonyl (C=O) groups excluding carboxylic acids is 1. The van der Waals surface area contributed by atoms with Crippen molar-refractivity contribution in [1.82, 2.24) is 4.98 Å². The van der Waals surface area contributed by atoms with Gasteiger partial charge in [0.1, 0.15) is 5.75 Å². The Bertz CT molecular complexity index is 780. The summed E-state index contributed by atoms with van der Waals surface area (Å²) in [5.41, 5.74) is 0.903. The highest BCUT2D eigenvalue weighted by molar-refractivity contribution is 6.32. The molecule has 1 heterocycles. The van der Waals surface area contributed by atoms with Crippen molar-refractivity contribution in [3.8, 4) is 5.75 Å². The van der Waals surface area contributed by atoms with Gasteiger partial charge in [0.15, 0.2) is 11.8 Å². The largest absolute Gasteiger partial charge is 0.483 e. The number of pyridine rings is 1. The van der Waals surface area contributed by atoms with Gasteiger partial charge >= 0.3 is 0 Å². The van der Waals surface area contributed by atoms with Gasteiger partial charge in [-0.15, -0.1) is 6.58 Å². The number of nitrogens with one attached hydrogen (secondary N) is 1. The van der Waals surface area contributed by atoms with E-state index < -0.39 is 10.8 Å². The summed E-state index contributed by atoms with van der Waals surface area (Å²) < 4.78 is 5.45. The molecule has 0 aliphatic rings. The minimum Gasteiger partial charge on any atom is -0.483 e. The number of anilines is 1. The zero-order chi connectivity index (χ0) is 17.5. The van der Waals surface area contributed by atoms with Gasteiger partial charge in [0, 0.05) is 23.9 Å². The highest BCUT2D eigenvalue weighted by Crippen LogP contribution is 2.25. The van der Waals surface area contributed by atoms with Crippen molar-refractivity contribution in [3.63, 3.8) is 0 Å². The molecule has 1 amide bonds. The molecule has 0 atom stereocenters. The molecule has 124 valence electrons. The van der Waals surface area contributed by atoms with Crippen LogP contribution in [0.2, 0.25) is 5.15 Å². The molecule has 0 aliphatic heterocycles. The van der Waals surface area contributed by atoms with E-state index >= 15 is 0 Å². The molecule has 0 radical (unpaired) electrons. The zero-order valence-electron chi connectivity index (χ0n) is 12.6. The minimum atomic E-state index is -0.493. The Morgan fingerprint density at radius 1 is 1.46 bits per heavy atom. The minimum absolute atomic E-state index is 0.0502. The Kier molecular flexibility index (Phi) is 5.86. The maximum Gasteiger partial charge on any atom is 0.269 e. The van der Waals surface area contributed by atoms with Crippen molar-refractivity contribution < 1.29 is 14.5 Å². The van der Waals surface area contributed by atoms with Gasteiger partial charge in [0.25, 0.3) is 11.6 Å². The number of carbonyl (C=O) groups is 1. The van der Waals surface area contributed by atoms with E-state index in [4.69, 9.17) is 16.3 Å². The van der Waals surface area contributed by atoms with E-state index in [1.807, 2.05) is 0 Å². The zero-order valence-corrected chi connectivity index (χ0v) is 13.3. The van der Waals surface area contributed by atoms with E-state index in [0.29, 0.717) is 23.4 Å². The summed E-state index contributed by atoms with van der Waals surface area (Å²) in [7, 11) is 0. The van der Waals surface area contributed by atoms with Gasteiger partial charge in [-0.2, -0.15) is 0 Å². The second-order valence-corrected chi connectivity index (χ2v) is 5.08. The first-order valence-electron chi connectivity index (χ1n) is 6.92. The van der Waals surface area contributed by atoms with E-state index in [9.17, 15) is 14.9 Å². The van der Waals surface area contributed by atoms with Gasteiger partial charge in [-0.05, 0) is 24.6 Å². The molecular formula is C16H14ClN3O4. The Labute approximate surface area is 143 Å². The second-order valence-electron chi connectivity index (χ2n) is 4.72. The summed E-state index contributed by atoms with van der Waals surface area (Å²) in [4.78, 5) is 26.1. The number of halogens is 1. The average Bonchev–Trinajstić information content (AvgIpc) is 2.56. The highest BCUT2D eigenvalue weighted by atomic mass is 35.5. The van der Waals surface area contributed by atoms with Crippen molar-refractivity contribution in [2.75, 3.05) is 11.9 Å². The molecule has 1 aromatic heterocycles. The van der Waals surface area contributed by atoms with Crippen LogP contribution in [0.1, 0.15) is 5.56 Å². The van der Waals surface area contributed by atoms with Crippen LogP contribution in [0.25, 0.3) is 0 Å². The van der Waals surface area contributed by atoms with Gasteiger partial charge in [0.2, 0.25) is 0 Å². The lowest BCUT2D eigenvalue weighted by atomic mass is 10.1. The van der Waals surface area contributed by atoms with E-state index in [2.05, 4.69) is 16.9 Å². The fourth-order valence-corrected chi connectivity index (χ4v) is 2.11. The molecule has 0 saturated heterocycles. The van der Waals surface area contributed by atoms with Crippen LogP contribution in [0.3, 0.4) is 0 Å². The number of benzene rings is 1. The fraction of sp³-hybridized carbons (Fsp3) is 0.125. The second kappa shape index (κ2) is 8.07. The van der Waals surface area contributed by atoms with Crippen molar-refractivity contribution in [1.29, 1.82) is 0 Å². The van der Waals surface area contributed by atoms with Crippen molar-refractivity contribution in [2.24, 2.45) is 0 Å². The molecule has 0 spiro atoms. The number of rotatable bonds is 7. The normalized spacial score (nSPS) is 10.0. The molecule has 0 saturated carbocycles. The number of nitro benzene ring substituents is 1. The van der Waals surface area contributed by atoms with Gasteiger partial charge in [0.05, 0.1) is 10.6 Å². The van der Waals surface area contributed by atoms with Gasteiger partial charge in [-0.25, -0.2) is 4.98 Å². The lowest BCUT2D eigenvalue weighted by Crippen LogP contribution is -2.20. The lowest BCUT2D eigenvalue weighted by molar-refractivity contribution is -0.384. The lowest BCUT2D eigenvalue weighted by Gasteiger charge is -2.11. The molecule has 0 unspecified atom stereocenters. The molecule has 0 aliphatic carbocycles. The summed E-state index contributed by atoms with van der Waals surface area (Å²) in [6, 6.07) is 7.43. The van der Waals surface area contributed by atoms with Crippen LogP contribution < -0.4 is 10.1 Å². The Morgan fingerprint density at radius 3 is 2.92 bits per heavy atom. The van der Waals surface area contributed by atoms with E-state index in [0.717, 1.165) is 0 Å². The van der Waals surface area contributed by atoms with E-state index in [1.54, 1.807) is 18.2 Å². The number of ether oxygens (including phenoxy) is 1. The van der Waals surface area contributed by atoms with Gasteiger partial charge in [-0.1, -0.05) is 17.7 Å². The summed E-state index contributed by atoms with van der Waals surface area (Å²) in [5, 5.41) is 13.6. The van der Waals surface area contributed by atoms with Crippen LogP contribution in [0.15, 0.2) is 49.2 Å². The quantitative estimate of drug-likeness (QED) is 0.358. The Balaban J connectivity index is 2.05. The van der Waals surface area contributed by atoms with Crippen LogP contribution >= 0.6 is 11.6 Å². The third-order valence-electron chi connectivity index (χ3n) is 3.01. The topological polar surface area (TPSA) is 94.4 Å². The Hall–Kier alpha value is -2.93. The molecule has 24 heavy (non-hydrogen) atoms. The highest BCUT2D eigenvalue weighted by Gasteiger charge is 2.13. The third-order valence-corrected chi connectivity index (χ3v) is 3.31. The van der Waals surface area contributed by atoms with Crippen LogP contribution in [-0.4, -0.2) is 22.4 Å².